The molecule has 2 unspecified atom stereocenters. The van der Waals surface area contributed by atoms with Crippen LogP contribution in [0.3, 0.4) is 0 Å². The van der Waals surface area contributed by atoms with Gasteiger partial charge in [0.05, 0.1) is 0 Å². The molecule has 0 aromatic carbocycles. The van der Waals surface area contributed by atoms with Crippen LogP contribution in [0.4, 0.5) is 4.79 Å². The summed E-state index contributed by atoms with van der Waals surface area (Å²) in [6, 6.07) is 0.136. The summed E-state index contributed by atoms with van der Waals surface area (Å²) in [6.07, 6.45) is 2.61. The van der Waals surface area contributed by atoms with Gasteiger partial charge in [-0.2, -0.15) is 0 Å². The van der Waals surface area contributed by atoms with Crippen molar-refractivity contribution in [2.24, 2.45) is 11.8 Å². The summed E-state index contributed by atoms with van der Waals surface area (Å²) in [5.74, 6) is 1.71. The van der Waals surface area contributed by atoms with Gasteiger partial charge in [0.25, 0.3) is 0 Å². The van der Waals surface area contributed by atoms with Gasteiger partial charge in [-0.05, 0) is 18.3 Å². The lowest BCUT2D eigenvalue weighted by Gasteiger charge is -2.12. The molecule has 1 heterocycles. The first kappa shape index (κ1) is 7.90. The molecule has 12 heavy (non-hydrogen) atoms. The molecule has 0 aromatic heterocycles. The van der Waals surface area contributed by atoms with E-state index in [4.69, 9.17) is 0 Å². The summed E-state index contributed by atoms with van der Waals surface area (Å²) in [4.78, 5) is 13.1. The summed E-state index contributed by atoms with van der Waals surface area (Å²) in [7, 11) is 0. The molecule has 2 fully saturated rings. The van der Waals surface area contributed by atoms with E-state index in [9.17, 15) is 4.79 Å². The maximum atomic E-state index is 11.1. The molecule has 2 rings (SSSR count). The molecule has 0 spiro atoms. The minimum absolute atomic E-state index is 0.136. The fraction of sp³-hybridized carbons (Fsp3) is 0.889. The summed E-state index contributed by atoms with van der Waals surface area (Å²) in [5, 5.41) is 2.82. The van der Waals surface area contributed by atoms with Gasteiger partial charge < -0.3 is 10.2 Å². The molecule has 3 nitrogen and oxygen atoms in total. The minimum atomic E-state index is 0.136. The van der Waals surface area contributed by atoms with E-state index in [0.29, 0.717) is 0 Å². The number of carbonyl (C=O) groups is 1. The average Bonchev–Trinajstić information content (AvgIpc) is 2.70. The summed E-state index contributed by atoms with van der Waals surface area (Å²) < 4.78 is 0. The standard InChI is InChI=1S/C9H16N2O/c1-2-7-5-8(7)6-11-4-3-10-9(11)12/h7-8H,2-6H2,1H3,(H,10,12). The Labute approximate surface area is 73.1 Å². The molecule has 68 valence electrons. The monoisotopic (exact) mass is 168 g/mol. The van der Waals surface area contributed by atoms with E-state index in [2.05, 4.69) is 12.2 Å². The second kappa shape index (κ2) is 2.96. The molecule has 1 saturated carbocycles. The molecular weight excluding hydrogens is 152 g/mol. The zero-order valence-electron chi connectivity index (χ0n) is 7.55. The molecule has 2 aliphatic rings. The Morgan fingerprint density at radius 3 is 2.92 bits per heavy atom. The maximum Gasteiger partial charge on any atom is 0.317 e. The molecule has 2 atom stereocenters. The number of hydrogen-bond acceptors (Lipinski definition) is 1. The highest BCUT2D eigenvalue weighted by atomic mass is 16.2. The molecule has 1 saturated heterocycles. The van der Waals surface area contributed by atoms with E-state index < -0.39 is 0 Å². The minimum Gasteiger partial charge on any atom is -0.336 e. The summed E-state index contributed by atoms with van der Waals surface area (Å²) in [6.45, 7) is 4.97. The fourth-order valence-electron chi connectivity index (χ4n) is 2.00. The Kier molecular flexibility index (Phi) is 1.95. The molecule has 3 heteroatoms. The third-order valence-electron chi connectivity index (χ3n) is 2.99. The van der Waals surface area contributed by atoms with Crippen molar-refractivity contribution in [2.45, 2.75) is 19.8 Å². The smallest absolute Gasteiger partial charge is 0.317 e. The predicted octanol–water partition coefficient (Wildman–Crippen LogP) is 1.06. The van der Waals surface area contributed by atoms with Crippen molar-refractivity contribution >= 4 is 6.03 Å². The van der Waals surface area contributed by atoms with Crippen molar-refractivity contribution in [1.29, 1.82) is 0 Å². The van der Waals surface area contributed by atoms with Gasteiger partial charge in [-0.25, -0.2) is 4.79 Å². The fourth-order valence-corrected chi connectivity index (χ4v) is 2.00. The van der Waals surface area contributed by atoms with Crippen LogP contribution in [0.15, 0.2) is 0 Å². The zero-order chi connectivity index (χ0) is 8.55. The lowest BCUT2D eigenvalue weighted by atomic mass is 10.2. The Morgan fingerprint density at radius 1 is 1.58 bits per heavy atom. The molecule has 0 aromatic rings. The number of rotatable bonds is 3. The van der Waals surface area contributed by atoms with E-state index >= 15 is 0 Å². The van der Waals surface area contributed by atoms with Gasteiger partial charge in [-0.1, -0.05) is 13.3 Å². The van der Waals surface area contributed by atoms with Crippen molar-refractivity contribution in [1.82, 2.24) is 10.2 Å². The van der Waals surface area contributed by atoms with Gasteiger partial charge in [-0.3, -0.25) is 0 Å². The normalized spacial score (nSPS) is 33.8. The van der Waals surface area contributed by atoms with Gasteiger partial charge in [0, 0.05) is 19.6 Å². The van der Waals surface area contributed by atoms with E-state index in [1.807, 2.05) is 4.90 Å². The predicted molar refractivity (Wildman–Crippen MR) is 46.9 cm³/mol. The molecule has 1 aliphatic carbocycles. The lowest BCUT2D eigenvalue weighted by molar-refractivity contribution is 0.214. The van der Waals surface area contributed by atoms with Crippen molar-refractivity contribution in [3.05, 3.63) is 0 Å². The van der Waals surface area contributed by atoms with Crippen molar-refractivity contribution in [3.63, 3.8) is 0 Å². The topological polar surface area (TPSA) is 32.3 Å². The summed E-state index contributed by atoms with van der Waals surface area (Å²) in [5.41, 5.74) is 0. The first-order valence-electron chi connectivity index (χ1n) is 4.84. The second-order valence-corrected chi connectivity index (χ2v) is 3.84. The van der Waals surface area contributed by atoms with Crippen LogP contribution in [0.2, 0.25) is 0 Å². The number of urea groups is 1. The van der Waals surface area contributed by atoms with Gasteiger partial charge in [0.1, 0.15) is 0 Å². The highest BCUT2D eigenvalue weighted by molar-refractivity contribution is 5.76. The lowest BCUT2D eigenvalue weighted by Crippen LogP contribution is -2.30. The molecular formula is C9H16N2O. The van der Waals surface area contributed by atoms with E-state index in [-0.39, 0.29) is 6.03 Å². The Bertz CT molecular complexity index is 193. The largest absolute Gasteiger partial charge is 0.336 e. The number of hydrogen-bond donors (Lipinski definition) is 1. The van der Waals surface area contributed by atoms with Crippen LogP contribution in [-0.4, -0.2) is 30.6 Å². The third-order valence-corrected chi connectivity index (χ3v) is 2.99. The number of amides is 2. The van der Waals surface area contributed by atoms with Gasteiger partial charge in [0.15, 0.2) is 0 Å². The third kappa shape index (κ3) is 1.40. The van der Waals surface area contributed by atoms with Gasteiger partial charge in [-0.15, -0.1) is 0 Å². The van der Waals surface area contributed by atoms with E-state index in [1.54, 1.807) is 0 Å². The number of carbonyl (C=O) groups excluding carboxylic acids is 1. The van der Waals surface area contributed by atoms with E-state index in [0.717, 1.165) is 31.5 Å². The Morgan fingerprint density at radius 2 is 2.42 bits per heavy atom. The van der Waals surface area contributed by atoms with Crippen LogP contribution >= 0.6 is 0 Å². The highest BCUT2D eigenvalue weighted by Gasteiger charge is 2.38. The van der Waals surface area contributed by atoms with Crippen LogP contribution in [-0.2, 0) is 0 Å². The van der Waals surface area contributed by atoms with Crippen molar-refractivity contribution < 1.29 is 4.79 Å². The molecule has 1 N–H and O–H groups in total. The van der Waals surface area contributed by atoms with Crippen LogP contribution in [0.25, 0.3) is 0 Å². The van der Waals surface area contributed by atoms with E-state index in [1.165, 1.54) is 12.8 Å². The Hall–Kier alpha value is -0.730. The second-order valence-electron chi connectivity index (χ2n) is 3.84. The quantitative estimate of drug-likeness (QED) is 0.671. The maximum absolute atomic E-state index is 11.1. The molecule has 0 radical (unpaired) electrons. The van der Waals surface area contributed by atoms with Crippen molar-refractivity contribution in [3.8, 4) is 0 Å². The summed E-state index contributed by atoms with van der Waals surface area (Å²) >= 11 is 0. The molecule has 0 bridgehead atoms. The van der Waals surface area contributed by atoms with Crippen molar-refractivity contribution in [2.75, 3.05) is 19.6 Å². The van der Waals surface area contributed by atoms with Crippen LogP contribution in [0, 0.1) is 11.8 Å². The SMILES string of the molecule is CCC1CC1CN1CCNC1=O. The number of nitrogens with one attached hydrogen (secondary N) is 1. The Balaban J connectivity index is 1.77. The van der Waals surface area contributed by atoms with Crippen LogP contribution in [0.1, 0.15) is 19.8 Å². The average molecular weight is 168 g/mol. The van der Waals surface area contributed by atoms with Crippen LogP contribution < -0.4 is 5.32 Å². The zero-order valence-corrected chi connectivity index (χ0v) is 7.55. The molecule has 1 aliphatic heterocycles. The first-order chi connectivity index (χ1) is 5.81. The van der Waals surface area contributed by atoms with Gasteiger partial charge in [0.2, 0.25) is 0 Å². The van der Waals surface area contributed by atoms with Crippen LogP contribution in [0.5, 0.6) is 0 Å². The van der Waals surface area contributed by atoms with Gasteiger partial charge >= 0.3 is 6.03 Å². The first-order valence-corrected chi connectivity index (χ1v) is 4.84. The number of nitrogens with zero attached hydrogens (tertiary/aromatic N) is 1. The highest BCUT2D eigenvalue weighted by Crippen LogP contribution is 2.41. The molecule has 2 amide bonds.